The van der Waals surface area contributed by atoms with E-state index in [1.54, 1.807) is 0 Å². The van der Waals surface area contributed by atoms with Crippen molar-refractivity contribution in [2.45, 2.75) is 46.0 Å². The lowest BCUT2D eigenvalue weighted by Gasteiger charge is -2.33. The van der Waals surface area contributed by atoms with Crippen LogP contribution in [0.4, 0.5) is 0 Å². The number of likely N-dealkylation sites (N-methyl/N-ethyl adjacent to an activating group) is 1. The van der Waals surface area contributed by atoms with Crippen LogP contribution in [0.25, 0.3) is 0 Å². The Bertz CT molecular complexity index is 142. The average Bonchev–Trinajstić information content (AvgIpc) is 2.16. The van der Waals surface area contributed by atoms with Crippen LogP contribution >= 0.6 is 0 Å². The van der Waals surface area contributed by atoms with E-state index >= 15 is 0 Å². The van der Waals surface area contributed by atoms with Gasteiger partial charge in [-0.05, 0) is 25.3 Å². The van der Waals surface area contributed by atoms with Gasteiger partial charge in [-0.15, -0.1) is 0 Å². The van der Waals surface area contributed by atoms with Crippen molar-refractivity contribution in [3.05, 3.63) is 12.7 Å². The Morgan fingerprint density at radius 2 is 1.57 bits per heavy atom. The summed E-state index contributed by atoms with van der Waals surface area (Å²) in [5, 5.41) is 0. The highest BCUT2D eigenvalue weighted by Gasteiger charge is 2.17. The third-order valence-electron chi connectivity index (χ3n) is 2.92. The monoisotopic (exact) mass is 198 g/mol. The highest BCUT2D eigenvalue weighted by Crippen LogP contribution is 2.09. The molecule has 1 atom stereocenters. The molecule has 0 aliphatic carbocycles. The molecule has 1 nitrogen and oxygen atoms in total. The largest absolute Gasteiger partial charge is 0.323 e. The number of nitrogens with zero attached hydrogens (tertiary/aromatic N) is 1. The average molecular weight is 198 g/mol. The van der Waals surface area contributed by atoms with Gasteiger partial charge in [0.2, 0.25) is 0 Å². The van der Waals surface area contributed by atoms with Gasteiger partial charge in [-0.25, -0.2) is 0 Å². The van der Waals surface area contributed by atoms with Crippen LogP contribution in [-0.4, -0.2) is 31.2 Å². The molecule has 14 heavy (non-hydrogen) atoms. The first-order chi connectivity index (χ1) is 6.68. The lowest BCUT2D eigenvalue weighted by atomic mass is 10.2. The minimum absolute atomic E-state index is 1.13. The fourth-order valence-corrected chi connectivity index (χ4v) is 1.89. The fraction of sp³-hybridized carbons (Fsp3) is 0.846. The van der Waals surface area contributed by atoms with Crippen LogP contribution in [0.15, 0.2) is 12.7 Å². The maximum Gasteiger partial charge on any atom is 0.0969 e. The zero-order valence-electron chi connectivity index (χ0n) is 10.4. The zero-order valence-corrected chi connectivity index (χ0v) is 10.4. The van der Waals surface area contributed by atoms with Gasteiger partial charge in [0.15, 0.2) is 0 Å². The standard InChI is InChI=1S/C13H28N/c1-5-8-10-13-14(4,11-7-3)12-9-6-2/h7H,3,5-6,8-13H2,1-2,4H3/q+1. The smallest absolute Gasteiger partial charge is 0.0969 e. The first-order valence-corrected chi connectivity index (χ1v) is 6.13. The second kappa shape index (κ2) is 8.05. The Balaban J connectivity index is 3.88. The highest BCUT2D eigenvalue weighted by molar-refractivity contribution is 4.65. The summed E-state index contributed by atoms with van der Waals surface area (Å²) in [6, 6.07) is 0. The summed E-state index contributed by atoms with van der Waals surface area (Å²) in [6.07, 6.45) is 8.78. The van der Waals surface area contributed by atoms with Crippen LogP contribution in [0.5, 0.6) is 0 Å². The lowest BCUT2D eigenvalue weighted by Crippen LogP contribution is -2.45. The maximum absolute atomic E-state index is 3.87. The van der Waals surface area contributed by atoms with Gasteiger partial charge < -0.3 is 4.48 Å². The van der Waals surface area contributed by atoms with E-state index in [9.17, 15) is 0 Å². The molecule has 0 aromatic rings. The van der Waals surface area contributed by atoms with E-state index in [2.05, 4.69) is 33.6 Å². The Morgan fingerprint density at radius 1 is 1.00 bits per heavy atom. The highest BCUT2D eigenvalue weighted by atomic mass is 15.3. The summed E-state index contributed by atoms with van der Waals surface area (Å²) in [5.41, 5.74) is 0. The van der Waals surface area contributed by atoms with Crippen LogP contribution in [0.1, 0.15) is 46.0 Å². The van der Waals surface area contributed by atoms with Crippen LogP contribution in [0, 0.1) is 0 Å². The number of unbranched alkanes of at least 4 members (excludes halogenated alkanes) is 3. The van der Waals surface area contributed by atoms with E-state index in [1.807, 2.05) is 0 Å². The molecule has 0 aromatic carbocycles. The molecule has 0 heterocycles. The molecule has 84 valence electrons. The van der Waals surface area contributed by atoms with Gasteiger partial charge in [0, 0.05) is 0 Å². The predicted molar refractivity (Wildman–Crippen MR) is 65.4 cm³/mol. The molecule has 0 rings (SSSR count). The summed E-state index contributed by atoms with van der Waals surface area (Å²) in [5.74, 6) is 0. The summed E-state index contributed by atoms with van der Waals surface area (Å²) < 4.78 is 1.19. The Kier molecular flexibility index (Phi) is 7.87. The van der Waals surface area contributed by atoms with Gasteiger partial charge in [-0.1, -0.05) is 33.3 Å². The van der Waals surface area contributed by atoms with Crippen molar-refractivity contribution in [2.24, 2.45) is 0 Å². The van der Waals surface area contributed by atoms with Crippen molar-refractivity contribution in [3.63, 3.8) is 0 Å². The third-order valence-corrected chi connectivity index (χ3v) is 2.92. The Morgan fingerprint density at radius 3 is 2.07 bits per heavy atom. The van der Waals surface area contributed by atoms with Crippen LogP contribution < -0.4 is 0 Å². The van der Waals surface area contributed by atoms with E-state index in [0.717, 1.165) is 6.54 Å². The molecular formula is C13H28N+. The summed E-state index contributed by atoms with van der Waals surface area (Å²) in [7, 11) is 2.37. The second-order valence-electron chi connectivity index (χ2n) is 4.60. The van der Waals surface area contributed by atoms with Gasteiger partial charge >= 0.3 is 0 Å². The fourth-order valence-electron chi connectivity index (χ4n) is 1.89. The van der Waals surface area contributed by atoms with E-state index in [0.29, 0.717) is 0 Å². The topological polar surface area (TPSA) is 0 Å². The normalized spacial score (nSPS) is 15.1. The molecule has 0 aliphatic rings. The van der Waals surface area contributed by atoms with Crippen molar-refractivity contribution >= 4 is 0 Å². The van der Waals surface area contributed by atoms with Gasteiger partial charge in [0.05, 0.1) is 26.7 Å². The van der Waals surface area contributed by atoms with Crippen LogP contribution in [0.2, 0.25) is 0 Å². The predicted octanol–water partition coefficient (Wildman–Crippen LogP) is 3.61. The molecule has 0 fully saturated rings. The summed E-state index contributed by atoms with van der Waals surface area (Å²) in [4.78, 5) is 0. The minimum Gasteiger partial charge on any atom is -0.323 e. The van der Waals surface area contributed by atoms with Crippen LogP contribution in [-0.2, 0) is 0 Å². The van der Waals surface area contributed by atoms with Gasteiger partial charge in [0.25, 0.3) is 0 Å². The molecule has 1 heteroatoms. The van der Waals surface area contributed by atoms with Crippen LogP contribution in [0.3, 0.4) is 0 Å². The summed E-state index contributed by atoms with van der Waals surface area (Å²) in [6.45, 7) is 12.2. The third kappa shape index (κ3) is 6.20. The first kappa shape index (κ1) is 13.7. The van der Waals surface area contributed by atoms with Gasteiger partial charge in [-0.2, -0.15) is 0 Å². The van der Waals surface area contributed by atoms with E-state index in [1.165, 1.54) is 49.7 Å². The van der Waals surface area contributed by atoms with E-state index < -0.39 is 0 Å². The maximum atomic E-state index is 3.87. The molecule has 0 aromatic heterocycles. The molecule has 0 radical (unpaired) electrons. The van der Waals surface area contributed by atoms with Crippen molar-refractivity contribution in [2.75, 3.05) is 26.7 Å². The molecular weight excluding hydrogens is 170 g/mol. The Hall–Kier alpha value is -0.300. The van der Waals surface area contributed by atoms with E-state index in [-0.39, 0.29) is 0 Å². The molecule has 0 saturated carbocycles. The lowest BCUT2D eigenvalue weighted by molar-refractivity contribution is -0.904. The Labute approximate surface area is 90.4 Å². The molecule has 0 amide bonds. The summed E-state index contributed by atoms with van der Waals surface area (Å²) >= 11 is 0. The quantitative estimate of drug-likeness (QED) is 0.302. The number of rotatable bonds is 9. The van der Waals surface area contributed by atoms with E-state index in [4.69, 9.17) is 0 Å². The van der Waals surface area contributed by atoms with Crippen molar-refractivity contribution < 1.29 is 4.48 Å². The molecule has 0 N–H and O–H groups in total. The van der Waals surface area contributed by atoms with Crippen molar-refractivity contribution in [1.82, 2.24) is 0 Å². The minimum atomic E-state index is 1.13. The molecule has 0 bridgehead atoms. The number of hydrogen-bond donors (Lipinski definition) is 0. The van der Waals surface area contributed by atoms with Crippen molar-refractivity contribution in [3.8, 4) is 0 Å². The second-order valence-corrected chi connectivity index (χ2v) is 4.60. The van der Waals surface area contributed by atoms with Crippen molar-refractivity contribution in [1.29, 1.82) is 0 Å². The molecule has 0 spiro atoms. The first-order valence-electron chi connectivity index (χ1n) is 6.13. The number of quaternary nitrogens is 1. The zero-order chi connectivity index (χ0) is 10.9. The molecule has 1 unspecified atom stereocenters. The van der Waals surface area contributed by atoms with Gasteiger partial charge in [-0.3, -0.25) is 0 Å². The number of hydrogen-bond acceptors (Lipinski definition) is 0. The SMILES string of the molecule is C=CC[N+](C)(CCCC)CCCCC. The van der Waals surface area contributed by atoms with Gasteiger partial charge in [0.1, 0.15) is 0 Å². The molecule has 0 aliphatic heterocycles. The molecule has 0 saturated heterocycles.